The molecule has 0 unspecified atom stereocenters. The lowest BCUT2D eigenvalue weighted by Crippen LogP contribution is -2.38. The molecule has 1 aromatic rings. The van der Waals surface area contributed by atoms with Crippen molar-refractivity contribution >= 4 is 17.8 Å². The molecule has 0 spiro atoms. The van der Waals surface area contributed by atoms with Crippen LogP contribution in [0.3, 0.4) is 0 Å². The number of carbonyl (C=O) groups is 2. The van der Waals surface area contributed by atoms with Crippen LogP contribution in [0, 0.1) is 0 Å². The number of ether oxygens (including phenoxy) is 3. The Bertz CT molecular complexity index is 511. The van der Waals surface area contributed by atoms with Gasteiger partial charge in [-0.25, -0.2) is 14.6 Å². The number of esters is 2. The maximum Gasteiger partial charge on any atom is 0.350 e. The van der Waals surface area contributed by atoms with Crippen LogP contribution in [0.2, 0.25) is 0 Å². The van der Waals surface area contributed by atoms with Crippen LogP contribution in [0.15, 0.2) is 35.3 Å². The minimum Gasteiger partial charge on any atom is -0.467 e. The molecule has 1 heterocycles. The second-order valence-electron chi connectivity index (χ2n) is 3.83. The molecule has 1 aliphatic heterocycles. The van der Waals surface area contributed by atoms with Crippen molar-refractivity contribution in [3.63, 3.8) is 0 Å². The summed E-state index contributed by atoms with van der Waals surface area (Å²) in [7, 11) is 2.45. The van der Waals surface area contributed by atoms with Crippen molar-refractivity contribution in [1.29, 1.82) is 0 Å². The fourth-order valence-electron chi connectivity index (χ4n) is 1.72. The summed E-state index contributed by atoms with van der Waals surface area (Å²) in [6.45, 7) is 0. The van der Waals surface area contributed by atoms with Gasteiger partial charge in [0.25, 0.3) is 0 Å². The zero-order valence-corrected chi connectivity index (χ0v) is 10.5. The van der Waals surface area contributed by atoms with E-state index < -0.39 is 24.1 Å². The second kappa shape index (κ2) is 5.51. The lowest BCUT2D eigenvalue weighted by atomic mass is 10.2. The van der Waals surface area contributed by atoms with Gasteiger partial charge < -0.3 is 14.2 Å². The van der Waals surface area contributed by atoms with Gasteiger partial charge in [0.15, 0.2) is 6.04 Å². The quantitative estimate of drug-likeness (QED) is 0.744. The molecule has 0 fully saturated rings. The third kappa shape index (κ3) is 2.57. The molecule has 0 bridgehead atoms. The highest BCUT2D eigenvalue weighted by Gasteiger charge is 2.43. The predicted molar refractivity (Wildman–Crippen MR) is 65.7 cm³/mol. The number of benzene rings is 1. The zero-order chi connectivity index (χ0) is 13.8. The van der Waals surface area contributed by atoms with Gasteiger partial charge in [0.1, 0.15) is 0 Å². The molecule has 19 heavy (non-hydrogen) atoms. The molecule has 1 aliphatic rings. The average molecular weight is 263 g/mol. The van der Waals surface area contributed by atoms with Crippen LogP contribution in [0.5, 0.6) is 0 Å². The van der Waals surface area contributed by atoms with Crippen LogP contribution < -0.4 is 0 Å². The van der Waals surface area contributed by atoms with Crippen LogP contribution in [-0.2, 0) is 23.8 Å². The third-order valence-corrected chi connectivity index (χ3v) is 2.68. The van der Waals surface area contributed by atoms with Crippen molar-refractivity contribution in [3.8, 4) is 0 Å². The molecule has 0 radical (unpaired) electrons. The molecule has 1 aromatic carbocycles. The van der Waals surface area contributed by atoms with E-state index in [4.69, 9.17) is 4.74 Å². The summed E-state index contributed by atoms with van der Waals surface area (Å²) in [5.41, 5.74) is 0.683. The minimum atomic E-state index is -1.10. The zero-order valence-electron chi connectivity index (χ0n) is 10.5. The first kappa shape index (κ1) is 13.1. The summed E-state index contributed by atoms with van der Waals surface area (Å²) in [6, 6.07) is 7.96. The molecular weight excluding hydrogens is 250 g/mol. The van der Waals surface area contributed by atoms with Gasteiger partial charge in [0.05, 0.1) is 14.2 Å². The summed E-state index contributed by atoms with van der Waals surface area (Å²) in [6.07, 6.45) is -1.10. The van der Waals surface area contributed by atoms with E-state index in [1.165, 1.54) is 14.2 Å². The van der Waals surface area contributed by atoms with Crippen LogP contribution in [0.25, 0.3) is 0 Å². The number of nitrogens with zero attached hydrogens (tertiary/aromatic N) is 1. The molecule has 0 aliphatic carbocycles. The van der Waals surface area contributed by atoms with Crippen LogP contribution >= 0.6 is 0 Å². The predicted octanol–water partition coefficient (Wildman–Crippen LogP) is 0.547. The maximum absolute atomic E-state index is 11.6. The fraction of sp³-hybridized carbons (Fsp3) is 0.308. The van der Waals surface area contributed by atoms with E-state index in [0.717, 1.165) is 0 Å². The van der Waals surface area contributed by atoms with Gasteiger partial charge in [-0.05, 0) is 12.1 Å². The Morgan fingerprint density at radius 1 is 1.11 bits per heavy atom. The van der Waals surface area contributed by atoms with Gasteiger partial charge >= 0.3 is 11.9 Å². The van der Waals surface area contributed by atoms with Gasteiger partial charge in [-0.15, -0.1) is 0 Å². The topological polar surface area (TPSA) is 74.2 Å². The molecule has 2 rings (SSSR count). The average Bonchev–Trinajstić information content (AvgIpc) is 2.91. The monoisotopic (exact) mass is 263 g/mol. The van der Waals surface area contributed by atoms with E-state index >= 15 is 0 Å². The molecule has 6 heteroatoms. The maximum atomic E-state index is 11.6. The van der Waals surface area contributed by atoms with E-state index in [9.17, 15) is 9.59 Å². The van der Waals surface area contributed by atoms with E-state index in [1.54, 1.807) is 24.3 Å². The lowest BCUT2D eigenvalue weighted by Gasteiger charge is -2.13. The van der Waals surface area contributed by atoms with Gasteiger partial charge in [-0.3, -0.25) is 0 Å². The summed E-state index contributed by atoms with van der Waals surface area (Å²) >= 11 is 0. The van der Waals surface area contributed by atoms with Crippen molar-refractivity contribution < 1.29 is 23.8 Å². The number of aliphatic imine (C=N–C) groups is 1. The van der Waals surface area contributed by atoms with Gasteiger partial charge in [0, 0.05) is 5.56 Å². The fourth-order valence-corrected chi connectivity index (χ4v) is 1.72. The Labute approximate surface area is 110 Å². The van der Waals surface area contributed by atoms with Gasteiger partial charge in [-0.1, -0.05) is 18.2 Å². The molecule has 0 amide bonds. The highest BCUT2D eigenvalue weighted by molar-refractivity contribution is 6.01. The van der Waals surface area contributed by atoms with E-state index in [0.29, 0.717) is 5.56 Å². The Kier molecular flexibility index (Phi) is 3.79. The minimum absolute atomic E-state index is 0.228. The van der Waals surface area contributed by atoms with E-state index in [2.05, 4.69) is 14.5 Å². The standard InChI is InChI=1S/C13H13NO5/c1-17-12(15)9-10(13(16)18-2)19-11(14-9)8-6-4-3-5-7-8/h3-7,9-10H,1-2H3/t9-,10+/m1/s1. The molecule has 0 aromatic heterocycles. The summed E-state index contributed by atoms with van der Waals surface area (Å²) in [5, 5.41) is 0. The Balaban J connectivity index is 2.29. The summed E-state index contributed by atoms with van der Waals surface area (Å²) in [5.74, 6) is -1.07. The number of hydrogen-bond acceptors (Lipinski definition) is 6. The number of carbonyl (C=O) groups excluding carboxylic acids is 2. The Morgan fingerprint density at radius 3 is 2.32 bits per heavy atom. The van der Waals surface area contributed by atoms with Crippen molar-refractivity contribution in [2.45, 2.75) is 12.1 Å². The molecule has 6 nitrogen and oxygen atoms in total. The molecule has 0 saturated heterocycles. The second-order valence-corrected chi connectivity index (χ2v) is 3.83. The van der Waals surface area contributed by atoms with Crippen molar-refractivity contribution in [2.24, 2.45) is 4.99 Å². The number of rotatable bonds is 3. The van der Waals surface area contributed by atoms with Gasteiger partial charge in [-0.2, -0.15) is 0 Å². The highest BCUT2D eigenvalue weighted by atomic mass is 16.6. The summed E-state index contributed by atoms with van der Waals surface area (Å²) in [4.78, 5) is 27.3. The van der Waals surface area contributed by atoms with E-state index in [-0.39, 0.29) is 5.90 Å². The lowest BCUT2D eigenvalue weighted by molar-refractivity contribution is -0.156. The molecule has 0 N–H and O–H groups in total. The molecule has 0 saturated carbocycles. The van der Waals surface area contributed by atoms with Crippen molar-refractivity contribution in [3.05, 3.63) is 35.9 Å². The van der Waals surface area contributed by atoms with Crippen LogP contribution in [-0.4, -0.2) is 44.2 Å². The normalized spacial score (nSPS) is 21.3. The number of hydrogen-bond donors (Lipinski definition) is 0. The smallest absolute Gasteiger partial charge is 0.350 e. The first-order valence-corrected chi connectivity index (χ1v) is 5.63. The Morgan fingerprint density at radius 2 is 1.74 bits per heavy atom. The van der Waals surface area contributed by atoms with Gasteiger partial charge in [0.2, 0.25) is 12.0 Å². The number of methoxy groups -OCH3 is 2. The third-order valence-electron chi connectivity index (χ3n) is 2.68. The first-order valence-electron chi connectivity index (χ1n) is 5.63. The first-order chi connectivity index (χ1) is 9.17. The summed E-state index contributed by atoms with van der Waals surface area (Å²) < 4.78 is 14.6. The van der Waals surface area contributed by atoms with Crippen molar-refractivity contribution in [2.75, 3.05) is 14.2 Å². The SMILES string of the molecule is COC(=O)[C@H]1OC(c2ccccc2)=N[C@H]1C(=O)OC. The molecule has 100 valence electrons. The van der Waals surface area contributed by atoms with Crippen LogP contribution in [0.4, 0.5) is 0 Å². The largest absolute Gasteiger partial charge is 0.467 e. The van der Waals surface area contributed by atoms with Crippen LogP contribution in [0.1, 0.15) is 5.56 Å². The molecular formula is C13H13NO5. The highest BCUT2D eigenvalue weighted by Crippen LogP contribution is 2.20. The Hall–Kier alpha value is -2.37. The van der Waals surface area contributed by atoms with Crippen molar-refractivity contribution in [1.82, 2.24) is 0 Å². The van der Waals surface area contributed by atoms with E-state index in [1.807, 2.05) is 6.07 Å². The molecule has 2 atom stereocenters.